The number of hydrogen-bond donors (Lipinski definition) is 1. The van der Waals surface area contributed by atoms with E-state index < -0.39 is 0 Å². The number of piperidine rings is 1. The summed E-state index contributed by atoms with van der Waals surface area (Å²) >= 11 is 0. The molecular formula is C24H29FN4O3. The molecular weight excluding hydrogens is 411 g/mol. The Labute approximate surface area is 186 Å². The Hall–Kier alpha value is -2.74. The Morgan fingerprint density at radius 2 is 1.88 bits per heavy atom. The second-order valence-electron chi connectivity index (χ2n) is 9.29. The van der Waals surface area contributed by atoms with Crippen LogP contribution >= 0.6 is 0 Å². The van der Waals surface area contributed by atoms with E-state index in [1.807, 2.05) is 4.90 Å². The van der Waals surface area contributed by atoms with Crippen LogP contribution in [0.3, 0.4) is 0 Å². The highest BCUT2D eigenvalue weighted by atomic mass is 19.1. The van der Waals surface area contributed by atoms with E-state index in [0.717, 1.165) is 44.1 Å². The van der Waals surface area contributed by atoms with Crippen molar-refractivity contribution in [1.82, 2.24) is 20.0 Å². The molecule has 1 atom stereocenters. The van der Waals surface area contributed by atoms with Gasteiger partial charge in [0.1, 0.15) is 5.82 Å². The zero-order valence-corrected chi connectivity index (χ0v) is 18.3. The molecule has 2 aromatic rings. The Bertz CT molecular complexity index is 993. The number of aromatic amines is 1. The van der Waals surface area contributed by atoms with Gasteiger partial charge in [0.2, 0.25) is 5.91 Å². The van der Waals surface area contributed by atoms with E-state index in [2.05, 4.69) is 15.1 Å². The number of carbonyl (C=O) groups is 2. The maximum Gasteiger partial charge on any atom is 0.257 e. The van der Waals surface area contributed by atoms with Crippen molar-refractivity contribution < 1.29 is 18.7 Å². The van der Waals surface area contributed by atoms with Gasteiger partial charge in [0.25, 0.3) is 5.91 Å². The molecule has 2 saturated heterocycles. The fourth-order valence-electron chi connectivity index (χ4n) is 5.33. The number of benzene rings is 1. The first-order valence-electron chi connectivity index (χ1n) is 11.5. The summed E-state index contributed by atoms with van der Waals surface area (Å²) in [6.45, 7) is 3.53. The van der Waals surface area contributed by atoms with Crippen LogP contribution < -0.4 is 0 Å². The van der Waals surface area contributed by atoms with Gasteiger partial charge in [-0.3, -0.25) is 14.7 Å². The monoisotopic (exact) mass is 440 g/mol. The summed E-state index contributed by atoms with van der Waals surface area (Å²) in [6, 6.07) is 6.66. The lowest BCUT2D eigenvalue weighted by atomic mass is 9.81. The van der Waals surface area contributed by atoms with Gasteiger partial charge < -0.3 is 14.5 Å². The van der Waals surface area contributed by atoms with Crippen molar-refractivity contribution in [3.05, 3.63) is 41.8 Å². The van der Waals surface area contributed by atoms with E-state index in [4.69, 9.17) is 4.74 Å². The summed E-state index contributed by atoms with van der Waals surface area (Å²) in [6.07, 6.45) is 7.00. The second kappa shape index (κ2) is 8.31. The number of H-pyrrole nitrogens is 1. The number of nitrogens with one attached hydrogen (secondary N) is 1. The molecule has 1 spiro atoms. The Morgan fingerprint density at radius 3 is 2.53 bits per heavy atom. The minimum absolute atomic E-state index is 0.0800. The van der Waals surface area contributed by atoms with Gasteiger partial charge in [0.05, 0.1) is 23.1 Å². The third kappa shape index (κ3) is 4.03. The highest BCUT2D eigenvalue weighted by Crippen LogP contribution is 2.40. The molecule has 5 rings (SSSR count). The average Bonchev–Trinajstić information content (AvgIpc) is 3.48. The van der Waals surface area contributed by atoms with Gasteiger partial charge in [-0.1, -0.05) is 0 Å². The molecule has 3 aliphatic rings. The molecule has 1 aromatic carbocycles. The topological polar surface area (TPSA) is 78.5 Å². The summed E-state index contributed by atoms with van der Waals surface area (Å²) in [4.78, 5) is 29.4. The number of rotatable bonds is 4. The van der Waals surface area contributed by atoms with Crippen LogP contribution in [0.5, 0.6) is 0 Å². The fraction of sp³-hybridized carbons (Fsp3) is 0.542. The van der Waals surface area contributed by atoms with Crippen molar-refractivity contribution in [2.24, 2.45) is 0 Å². The van der Waals surface area contributed by atoms with Crippen molar-refractivity contribution in [2.45, 2.75) is 63.1 Å². The Kier molecular flexibility index (Phi) is 5.49. The first-order chi connectivity index (χ1) is 15.5. The quantitative estimate of drug-likeness (QED) is 0.791. The van der Waals surface area contributed by atoms with Crippen molar-refractivity contribution in [1.29, 1.82) is 0 Å². The minimum atomic E-state index is -0.321. The molecule has 1 N–H and O–H groups in total. The van der Waals surface area contributed by atoms with E-state index in [-0.39, 0.29) is 29.3 Å². The predicted octanol–water partition coefficient (Wildman–Crippen LogP) is 3.38. The second-order valence-corrected chi connectivity index (χ2v) is 9.29. The summed E-state index contributed by atoms with van der Waals surface area (Å²) in [5.74, 6) is -0.239. The molecule has 1 saturated carbocycles. The molecule has 32 heavy (non-hydrogen) atoms. The number of hydrogen-bond acceptors (Lipinski definition) is 4. The lowest BCUT2D eigenvalue weighted by molar-refractivity contribution is -0.148. The summed E-state index contributed by atoms with van der Waals surface area (Å²) in [5, 5.41) is 6.94. The SMILES string of the molecule is CC(=O)N(C1CC1)C1CCOC2(CCN(C(=O)c3cn[nH]c3-c3ccc(F)cc3)CC2)C1. The molecule has 0 radical (unpaired) electrons. The van der Waals surface area contributed by atoms with Crippen LogP contribution in [0.4, 0.5) is 4.39 Å². The van der Waals surface area contributed by atoms with Crippen LogP contribution in [0.25, 0.3) is 11.3 Å². The van der Waals surface area contributed by atoms with E-state index in [1.54, 1.807) is 25.3 Å². The highest BCUT2D eigenvalue weighted by molar-refractivity contribution is 5.99. The summed E-state index contributed by atoms with van der Waals surface area (Å²) < 4.78 is 19.5. The number of amides is 2. The first-order valence-corrected chi connectivity index (χ1v) is 11.5. The molecule has 3 heterocycles. The van der Waals surface area contributed by atoms with Crippen LogP contribution in [0, 0.1) is 5.82 Å². The highest BCUT2D eigenvalue weighted by Gasteiger charge is 2.45. The average molecular weight is 441 g/mol. The van der Waals surface area contributed by atoms with E-state index in [0.29, 0.717) is 37.0 Å². The summed E-state index contributed by atoms with van der Waals surface area (Å²) in [5.41, 5.74) is 1.55. The molecule has 2 amide bonds. The van der Waals surface area contributed by atoms with Gasteiger partial charge in [-0.2, -0.15) is 5.10 Å². The molecule has 2 aliphatic heterocycles. The molecule has 1 aromatic heterocycles. The third-order valence-electron chi connectivity index (χ3n) is 7.13. The van der Waals surface area contributed by atoms with E-state index in [1.165, 1.54) is 12.1 Å². The zero-order chi connectivity index (χ0) is 22.3. The molecule has 3 fully saturated rings. The smallest absolute Gasteiger partial charge is 0.257 e. The largest absolute Gasteiger partial charge is 0.375 e. The molecule has 170 valence electrons. The van der Waals surface area contributed by atoms with E-state index in [9.17, 15) is 14.0 Å². The van der Waals surface area contributed by atoms with Crippen molar-refractivity contribution in [3.8, 4) is 11.3 Å². The molecule has 1 unspecified atom stereocenters. The number of likely N-dealkylation sites (tertiary alicyclic amines) is 1. The lowest BCUT2D eigenvalue weighted by Gasteiger charge is -2.48. The van der Waals surface area contributed by atoms with Crippen LogP contribution in [-0.2, 0) is 9.53 Å². The molecule has 0 bridgehead atoms. The third-order valence-corrected chi connectivity index (χ3v) is 7.13. The molecule has 1 aliphatic carbocycles. The van der Waals surface area contributed by atoms with Gasteiger partial charge in [-0.05, 0) is 62.8 Å². The number of carbonyl (C=O) groups excluding carboxylic acids is 2. The molecule has 7 nitrogen and oxygen atoms in total. The van der Waals surface area contributed by atoms with Crippen LogP contribution in [0.15, 0.2) is 30.5 Å². The standard InChI is InChI=1S/C24H29FN4O3/c1-16(30)29(19-6-7-19)20-8-13-32-24(14-20)9-11-28(12-10-24)23(31)21-15-26-27-22(21)17-2-4-18(25)5-3-17/h2-5,15,19-20H,6-14H2,1H3,(H,26,27). The molecule has 8 heteroatoms. The Morgan fingerprint density at radius 1 is 1.16 bits per heavy atom. The van der Waals surface area contributed by atoms with Crippen LogP contribution in [0.2, 0.25) is 0 Å². The maximum atomic E-state index is 13.3. The van der Waals surface area contributed by atoms with Gasteiger partial charge in [-0.15, -0.1) is 0 Å². The minimum Gasteiger partial charge on any atom is -0.375 e. The number of aromatic nitrogens is 2. The number of nitrogens with zero attached hydrogens (tertiary/aromatic N) is 3. The lowest BCUT2D eigenvalue weighted by Crippen LogP contribution is -2.55. The first kappa shape index (κ1) is 21.1. The Balaban J connectivity index is 1.26. The van der Waals surface area contributed by atoms with Crippen molar-refractivity contribution in [3.63, 3.8) is 0 Å². The predicted molar refractivity (Wildman–Crippen MR) is 116 cm³/mol. The van der Waals surface area contributed by atoms with Gasteiger partial charge in [0.15, 0.2) is 0 Å². The van der Waals surface area contributed by atoms with Gasteiger partial charge in [0, 0.05) is 44.3 Å². The van der Waals surface area contributed by atoms with Crippen molar-refractivity contribution >= 4 is 11.8 Å². The maximum absolute atomic E-state index is 13.3. The zero-order valence-electron chi connectivity index (χ0n) is 18.3. The van der Waals surface area contributed by atoms with Gasteiger partial charge >= 0.3 is 0 Å². The fourth-order valence-corrected chi connectivity index (χ4v) is 5.33. The van der Waals surface area contributed by atoms with Crippen LogP contribution in [0.1, 0.15) is 55.8 Å². The summed E-state index contributed by atoms with van der Waals surface area (Å²) in [7, 11) is 0. The van der Waals surface area contributed by atoms with Crippen molar-refractivity contribution in [2.75, 3.05) is 19.7 Å². The van der Waals surface area contributed by atoms with E-state index >= 15 is 0 Å². The van der Waals surface area contributed by atoms with Gasteiger partial charge in [-0.25, -0.2) is 4.39 Å². The number of halogens is 1. The number of ether oxygens (including phenoxy) is 1. The van der Waals surface area contributed by atoms with Crippen LogP contribution in [-0.4, -0.2) is 69.2 Å². The normalized spacial score (nSPS) is 22.7.